The standard InChI is InChI=1S/C25H18ClF3N2O4/c1-34-19-12-10-17(11-13-19)30-23(32)20-21(14-2-4-15(5-3-14)25(27,28)29)31(35-22(20)24(30)33)18-8-6-16(26)7-9-18/h2-13,20-22H,1H3/t20-,21-,22+/m1/s1. The highest BCUT2D eigenvalue weighted by atomic mass is 35.5. The molecule has 3 aromatic rings. The van der Waals surface area contributed by atoms with Crippen LogP contribution in [0.1, 0.15) is 17.2 Å². The Balaban J connectivity index is 1.55. The van der Waals surface area contributed by atoms with Crippen LogP contribution in [0.5, 0.6) is 5.75 Å². The molecule has 0 spiro atoms. The van der Waals surface area contributed by atoms with E-state index < -0.39 is 41.6 Å². The van der Waals surface area contributed by atoms with Crippen molar-refractivity contribution >= 4 is 34.8 Å². The number of anilines is 2. The number of amides is 2. The van der Waals surface area contributed by atoms with E-state index in [0.29, 0.717) is 27.7 Å². The number of alkyl halides is 3. The molecule has 2 heterocycles. The number of rotatable bonds is 4. The molecule has 0 saturated carbocycles. The van der Waals surface area contributed by atoms with Gasteiger partial charge in [0, 0.05) is 5.02 Å². The molecule has 2 aliphatic heterocycles. The number of benzene rings is 3. The topological polar surface area (TPSA) is 59.1 Å². The lowest BCUT2D eigenvalue weighted by molar-refractivity contribution is -0.137. The van der Waals surface area contributed by atoms with Crippen molar-refractivity contribution in [3.8, 4) is 5.75 Å². The predicted octanol–water partition coefficient (Wildman–Crippen LogP) is 5.42. The highest BCUT2D eigenvalue weighted by Gasteiger charge is 2.60. The molecular weight excluding hydrogens is 485 g/mol. The minimum atomic E-state index is -4.51. The molecule has 2 aliphatic rings. The second kappa shape index (κ2) is 8.58. The van der Waals surface area contributed by atoms with Gasteiger partial charge in [0.25, 0.3) is 5.91 Å². The third-order valence-electron chi connectivity index (χ3n) is 6.11. The molecule has 6 nitrogen and oxygen atoms in total. The molecule has 5 rings (SSSR count). The summed E-state index contributed by atoms with van der Waals surface area (Å²) in [5, 5.41) is 1.87. The average molecular weight is 503 g/mol. The molecule has 3 atom stereocenters. The number of fused-ring (bicyclic) bond motifs is 1. The number of carbonyl (C=O) groups excluding carboxylic acids is 2. The summed E-state index contributed by atoms with van der Waals surface area (Å²) in [5.74, 6) is -1.48. The maximum Gasteiger partial charge on any atom is 0.416 e. The van der Waals surface area contributed by atoms with E-state index in [2.05, 4.69) is 0 Å². The van der Waals surface area contributed by atoms with Gasteiger partial charge < -0.3 is 4.74 Å². The Morgan fingerprint density at radius 2 is 1.46 bits per heavy atom. The third kappa shape index (κ3) is 4.00. The van der Waals surface area contributed by atoms with E-state index in [-0.39, 0.29) is 0 Å². The van der Waals surface area contributed by atoms with E-state index in [9.17, 15) is 22.8 Å². The number of hydrogen-bond donors (Lipinski definition) is 0. The lowest BCUT2D eigenvalue weighted by Gasteiger charge is -2.29. The highest BCUT2D eigenvalue weighted by Crippen LogP contribution is 2.48. The van der Waals surface area contributed by atoms with Gasteiger partial charge >= 0.3 is 6.18 Å². The van der Waals surface area contributed by atoms with Crippen LogP contribution in [0.25, 0.3) is 0 Å². The number of carbonyl (C=O) groups is 2. The highest BCUT2D eigenvalue weighted by molar-refractivity contribution is 6.30. The van der Waals surface area contributed by atoms with Gasteiger partial charge in [0.15, 0.2) is 6.10 Å². The molecule has 0 aliphatic carbocycles. The number of halogens is 4. The molecule has 3 aromatic carbocycles. The molecule has 0 unspecified atom stereocenters. The molecule has 0 radical (unpaired) electrons. The third-order valence-corrected chi connectivity index (χ3v) is 6.36. The first-order valence-electron chi connectivity index (χ1n) is 10.6. The average Bonchev–Trinajstić information content (AvgIpc) is 3.35. The van der Waals surface area contributed by atoms with Crippen molar-refractivity contribution in [1.29, 1.82) is 0 Å². The summed E-state index contributed by atoms with van der Waals surface area (Å²) in [6.45, 7) is 0. The number of hydroxylamine groups is 1. The summed E-state index contributed by atoms with van der Waals surface area (Å²) >= 11 is 5.99. The summed E-state index contributed by atoms with van der Waals surface area (Å²) < 4.78 is 44.5. The Kier molecular flexibility index (Phi) is 5.69. The van der Waals surface area contributed by atoms with Gasteiger partial charge in [-0.15, -0.1) is 0 Å². The smallest absolute Gasteiger partial charge is 0.416 e. The lowest BCUT2D eigenvalue weighted by atomic mass is 9.90. The first-order valence-corrected chi connectivity index (χ1v) is 11.0. The molecule has 2 saturated heterocycles. The van der Waals surface area contributed by atoms with Crippen LogP contribution in [-0.2, 0) is 20.6 Å². The zero-order chi connectivity index (χ0) is 24.9. The van der Waals surface area contributed by atoms with E-state index in [0.717, 1.165) is 17.0 Å². The van der Waals surface area contributed by atoms with Crippen molar-refractivity contribution in [2.24, 2.45) is 5.92 Å². The van der Waals surface area contributed by atoms with E-state index in [1.54, 1.807) is 48.5 Å². The van der Waals surface area contributed by atoms with Crippen molar-refractivity contribution in [2.75, 3.05) is 17.1 Å². The monoisotopic (exact) mass is 502 g/mol. The first-order chi connectivity index (χ1) is 16.7. The van der Waals surface area contributed by atoms with Crippen LogP contribution in [0.15, 0.2) is 72.8 Å². The molecule has 180 valence electrons. The molecule has 2 fully saturated rings. The van der Waals surface area contributed by atoms with E-state index >= 15 is 0 Å². The lowest BCUT2D eigenvalue weighted by Crippen LogP contribution is -2.37. The van der Waals surface area contributed by atoms with Crippen LogP contribution in [0.3, 0.4) is 0 Å². The number of methoxy groups -OCH3 is 1. The van der Waals surface area contributed by atoms with Crippen molar-refractivity contribution in [3.63, 3.8) is 0 Å². The zero-order valence-electron chi connectivity index (χ0n) is 18.2. The summed E-state index contributed by atoms with van der Waals surface area (Å²) in [6, 6.07) is 16.6. The van der Waals surface area contributed by atoms with Crippen LogP contribution in [0.2, 0.25) is 5.02 Å². The molecule has 0 bridgehead atoms. The molecule has 0 aromatic heterocycles. The van der Waals surface area contributed by atoms with Crippen molar-refractivity contribution in [1.82, 2.24) is 0 Å². The van der Waals surface area contributed by atoms with Gasteiger partial charge in [0.05, 0.1) is 30.1 Å². The van der Waals surface area contributed by atoms with Gasteiger partial charge in [-0.25, -0.2) is 9.96 Å². The maximum atomic E-state index is 13.6. The van der Waals surface area contributed by atoms with Gasteiger partial charge in [0.2, 0.25) is 5.91 Å². The Morgan fingerprint density at radius 1 is 0.857 bits per heavy atom. The Labute approximate surface area is 203 Å². The zero-order valence-corrected chi connectivity index (χ0v) is 19.0. The van der Waals surface area contributed by atoms with E-state index in [1.807, 2.05) is 0 Å². The molecular formula is C25H18ClF3N2O4. The normalized spacial score (nSPS) is 22.0. The number of hydrogen-bond acceptors (Lipinski definition) is 5. The van der Waals surface area contributed by atoms with Crippen LogP contribution in [-0.4, -0.2) is 25.0 Å². The fourth-order valence-corrected chi connectivity index (χ4v) is 4.55. The summed E-state index contributed by atoms with van der Waals surface area (Å²) in [6.07, 6.45) is -5.65. The SMILES string of the molecule is COc1ccc(N2C(=O)[C@H]3[C@H](ON(c4ccc(Cl)cc4)[C@@H]3c3ccc(C(F)(F)F)cc3)C2=O)cc1. The van der Waals surface area contributed by atoms with Crippen molar-refractivity contribution in [2.45, 2.75) is 18.3 Å². The fraction of sp³-hybridized carbons (Fsp3) is 0.200. The Morgan fingerprint density at radius 3 is 2.03 bits per heavy atom. The second-order valence-corrected chi connectivity index (χ2v) is 8.56. The number of ether oxygens (including phenoxy) is 1. The van der Waals surface area contributed by atoms with E-state index in [1.165, 1.54) is 24.3 Å². The van der Waals surface area contributed by atoms with Crippen LogP contribution in [0.4, 0.5) is 24.5 Å². The Bertz CT molecular complexity index is 1260. The second-order valence-electron chi connectivity index (χ2n) is 8.13. The van der Waals surface area contributed by atoms with E-state index in [4.69, 9.17) is 21.2 Å². The van der Waals surface area contributed by atoms with Crippen molar-refractivity contribution in [3.05, 3.63) is 88.9 Å². The first kappa shape index (κ1) is 23.2. The minimum Gasteiger partial charge on any atom is -0.497 e. The minimum absolute atomic E-state index is 0.350. The Hall–Kier alpha value is -3.56. The number of imide groups is 1. The molecule has 35 heavy (non-hydrogen) atoms. The summed E-state index contributed by atoms with van der Waals surface area (Å²) in [5.41, 5.74) is 0.440. The quantitative estimate of drug-likeness (QED) is 0.446. The van der Waals surface area contributed by atoms with Crippen LogP contribution in [0, 0.1) is 5.92 Å². The van der Waals surface area contributed by atoms with Crippen LogP contribution >= 0.6 is 11.6 Å². The molecule has 10 heteroatoms. The summed E-state index contributed by atoms with van der Waals surface area (Å²) in [4.78, 5) is 33.9. The molecule has 0 N–H and O–H groups in total. The molecule has 2 amide bonds. The number of nitrogens with zero attached hydrogens (tertiary/aromatic N) is 2. The fourth-order valence-electron chi connectivity index (χ4n) is 4.42. The largest absolute Gasteiger partial charge is 0.497 e. The van der Waals surface area contributed by atoms with Gasteiger partial charge in [-0.3, -0.25) is 14.4 Å². The van der Waals surface area contributed by atoms with Crippen molar-refractivity contribution < 1.29 is 32.3 Å². The van der Waals surface area contributed by atoms with Crippen LogP contribution < -0.4 is 14.7 Å². The van der Waals surface area contributed by atoms with Gasteiger partial charge in [-0.1, -0.05) is 23.7 Å². The van der Waals surface area contributed by atoms with Gasteiger partial charge in [-0.05, 0) is 66.2 Å². The summed E-state index contributed by atoms with van der Waals surface area (Å²) in [7, 11) is 1.50. The van der Waals surface area contributed by atoms with Gasteiger partial charge in [0.1, 0.15) is 11.7 Å². The van der Waals surface area contributed by atoms with Gasteiger partial charge in [-0.2, -0.15) is 13.2 Å². The predicted molar refractivity (Wildman–Crippen MR) is 122 cm³/mol. The maximum absolute atomic E-state index is 13.6.